The molecule has 1 aliphatic rings. The molecule has 1 N–H and O–H groups in total. The van der Waals surface area contributed by atoms with Crippen LogP contribution in [0.2, 0.25) is 0 Å². The third kappa shape index (κ3) is 1.95. The van der Waals surface area contributed by atoms with Crippen LogP contribution in [0, 0.1) is 0 Å². The lowest BCUT2D eigenvalue weighted by atomic mass is 9.95. The molecular formula is C17H19N. The minimum Gasteiger partial charge on any atom is -0.307 e. The second-order valence-corrected chi connectivity index (χ2v) is 4.89. The van der Waals surface area contributed by atoms with E-state index in [2.05, 4.69) is 60.8 Å². The molecule has 0 heterocycles. The van der Waals surface area contributed by atoms with Crippen LogP contribution in [0.4, 0.5) is 0 Å². The maximum atomic E-state index is 3.64. The Balaban J connectivity index is 2.15. The molecule has 1 aliphatic carbocycles. The van der Waals surface area contributed by atoms with Gasteiger partial charge in [-0.2, -0.15) is 0 Å². The van der Waals surface area contributed by atoms with Gasteiger partial charge in [0, 0.05) is 0 Å². The second-order valence-electron chi connectivity index (χ2n) is 4.89. The van der Waals surface area contributed by atoms with Crippen molar-refractivity contribution in [2.75, 3.05) is 6.54 Å². The third-order valence-corrected chi connectivity index (χ3v) is 3.80. The number of aryl methyl sites for hydroxylation is 2. The highest BCUT2D eigenvalue weighted by atomic mass is 14.9. The van der Waals surface area contributed by atoms with E-state index in [4.69, 9.17) is 0 Å². The van der Waals surface area contributed by atoms with Crippen molar-refractivity contribution in [3.63, 3.8) is 0 Å². The van der Waals surface area contributed by atoms with Gasteiger partial charge in [-0.25, -0.2) is 0 Å². The van der Waals surface area contributed by atoms with Crippen molar-refractivity contribution in [2.45, 2.75) is 25.8 Å². The molecule has 2 aromatic rings. The Morgan fingerprint density at radius 1 is 0.889 bits per heavy atom. The fourth-order valence-electron chi connectivity index (χ4n) is 2.95. The Hall–Kier alpha value is -1.60. The summed E-state index contributed by atoms with van der Waals surface area (Å²) in [4.78, 5) is 0. The van der Waals surface area contributed by atoms with Crippen LogP contribution in [-0.2, 0) is 12.8 Å². The van der Waals surface area contributed by atoms with E-state index < -0.39 is 0 Å². The Kier molecular flexibility index (Phi) is 3.16. The smallest absolute Gasteiger partial charge is 0.0582 e. The quantitative estimate of drug-likeness (QED) is 0.843. The number of hydrogen-bond donors (Lipinski definition) is 1. The summed E-state index contributed by atoms with van der Waals surface area (Å²) in [7, 11) is 0. The summed E-state index contributed by atoms with van der Waals surface area (Å²) >= 11 is 0. The highest BCUT2D eigenvalue weighted by Crippen LogP contribution is 2.32. The van der Waals surface area contributed by atoms with Crippen LogP contribution in [0.25, 0.3) is 0 Å². The third-order valence-electron chi connectivity index (χ3n) is 3.80. The van der Waals surface area contributed by atoms with Gasteiger partial charge < -0.3 is 5.32 Å². The summed E-state index contributed by atoms with van der Waals surface area (Å²) in [6, 6.07) is 18.0. The fraction of sp³-hybridized carbons (Fsp3) is 0.294. The lowest BCUT2D eigenvalue weighted by Crippen LogP contribution is -2.22. The molecule has 3 rings (SSSR count). The van der Waals surface area contributed by atoms with Crippen LogP contribution >= 0.6 is 0 Å². The van der Waals surface area contributed by atoms with Gasteiger partial charge in [-0.15, -0.1) is 0 Å². The van der Waals surface area contributed by atoms with Gasteiger partial charge in [0.25, 0.3) is 0 Å². The average molecular weight is 237 g/mol. The predicted octanol–water partition coefficient (Wildman–Crippen LogP) is 3.48. The van der Waals surface area contributed by atoms with E-state index in [0.717, 1.165) is 19.4 Å². The molecule has 2 aromatic carbocycles. The Labute approximate surface area is 109 Å². The van der Waals surface area contributed by atoms with Crippen molar-refractivity contribution in [3.05, 3.63) is 70.8 Å². The monoisotopic (exact) mass is 237 g/mol. The summed E-state index contributed by atoms with van der Waals surface area (Å²) < 4.78 is 0. The topological polar surface area (TPSA) is 12.0 Å². The van der Waals surface area contributed by atoms with E-state index in [1.165, 1.54) is 22.3 Å². The SMILES string of the molecule is CCNC1c2ccccc2CCc2ccccc21. The predicted molar refractivity (Wildman–Crippen MR) is 75.8 cm³/mol. The maximum Gasteiger partial charge on any atom is 0.0582 e. The molecule has 0 fully saturated rings. The van der Waals surface area contributed by atoms with Crippen molar-refractivity contribution in [1.82, 2.24) is 5.32 Å². The number of hydrogen-bond acceptors (Lipinski definition) is 1. The van der Waals surface area contributed by atoms with Crippen molar-refractivity contribution >= 4 is 0 Å². The van der Waals surface area contributed by atoms with Crippen molar-refractivity contribution in [2.24, 2.45) is 0 Å². The first kappa shape index (κ1) is 11.5. The van der Waals surface area contributed by atoms with Crippen LogP contribution < -0.4 is 5.32 Å². The minimum atomic E-state index is 0.352. The number of rotatable bonds is 2. The fourth-order valence-corrected chi connectivity index (χ4v) is 2.95. The van der Waals surface area contributed by atoms with E-state index in [-0.39, 0.29) is 0 Å². The standard InChI is InChI=1S/C17H19N/c1-2-18-17-15-9-5-3-7-13(15)11-12-14-8-4-6-10-16(14)17/h3-10,17-18H,2,11-12H2,1H3. The van der Waals surface area contributed by atoms with Gasteiger partial charge in [0.05, 0.1) is 6.04 Å². The number of benzene rings is 2. The van der Waals surface area contributed by atoms with Gasteiger partial charge in [-0.05, 0) is 41.6 Å². The molecule has 1 nitrogen and oxygen atoms in total. The summed E-state index contributed by atoms with van der Waals surface area (Å²) in [6.45, 7) is 3.17. The zero-order chi connectivity index (χ0) is 12.4. The van der Waals surface area contributed by atoms with Crippen LogP contribution in [0.5, 0.6) is 0 Å². The largest absolute Gasteiger partial charge is 0.307 e. The van der Waals surface area contributed by atoms with Crippen molar-refractivity contribution in [1.29, 1.82) is 0 Å². The van der Waals surface area contributed by atoms with Gasteiger partial charge in [0.1, 0.15) is 0 Å². The Morgan fingerprint density at radius 3 is 1.89 bits per heavy atom. The zero-order valence-electron chi connectivity index (χ0n) is 10.8. The zero-order valence-corrected chi connectivity index (χ0v) is 10.8. The molecular weight excluding hydrogens is 218 g/mol. The van der Waals surface area contributed by atoms with Gasteiger partial charge in [0.15, 0.2) is 0 Å². The van der Waals surface area contributed by atoms with Crippen LogP contribution in [-0.4, -0.2) is 6.54 Å². The Bertz CT molecular complexity index is 497. The molecule has 0 atom stereocenters. The first-order valence-corrected chi connectivity index (χ1v) is 6.79. The normalized spacial score (nSPS) is 14.7. The number of nitrogens with one attached hydrogen (secondary N) is 1. The van der Waals surface area contributed by atoms with Gasteiger partial charge in [0.2, 0.25) is 0 Å². The van der Waals surface area contributed by atoms with Gasteiger partial charge in [-0.3, -0.25) is 0 Å². The van der Waals surface area contributed by atoms with E-state index in [9.17, 15) is 0 Å². The molecule has 1 heteroatoms. The van der Waals surface area contributed by atoms with E-state index >= 15 is 0 Å². The summed E-state index contributed by atoms with van der Waals surface area (Å²) in [5.74, 6) is 0. The van der Waals surface area contributed by atoms with Crippen molar-refractivity contribution < 1.29 is 0 Å². The summed E-state index contributed by atoms with van der Waals surface area (Å²) in [5, 5.41) is 3.64. The Morgan fingerprint density at radius 2 is 1.39 bits per heavy atom. The molecule has 0 aromatic heterocycles. The molecule has 0 bridgehead atoms. The van der Waals surface area contributed by atoms with Crippen LogP contribution in [0.1, 0.15) is 35.2 Å². The first-order valence-electron chi connectivity index (χ1n) is 6.79. The first-order chi connectivity index (χ1) is 8.90. The molecule has 0 radical (unpaired) electrons. The highest BCUT2D eigenvalue weighted by Gasteiger charge is 2.21. The summed E-state index contributed by atoms with van der Waals surface area (Å²) in [6.07, 6.45) is 2.30. The van der Waals surface area contributed by atoms with Crippen molar-refractivity contribution in [3.8, 4) is 0 Å². The maximum absolute atomic E-state index is 3.64. The second kappa shape index (κ2) is 4.95. The molecule has 0 spiro atoms. The average Bonchev–Trinajstić information content (AvgIpc) is 2.58. The molecule has 0 aliphatic heterocycles. The molecule has 92 valence electrons. The molecule has 18 heavy (non-hydrogen) atoms. The van der Waals surface area contributed by atoms with Crippen LogP contribution in [0.3, 0.4) is 0 Å². The van der Waals surface area contributed by atoms with Gasteiger partial charge in [-0.1, -0.05) is 55.5 Å². The molecule has 0 saturated carbocycles. The molecule has 0 saturated heterocycles. The lowest BCUT2D eigenvalue weighted by Gasteiger charge is -2.21. The molecule has 0 unspecified atom stereocenters. The van der Waals surface area contributed by atoms with Crippen LogP contribution in [0.15, 0.2) is 48.5 Å². The lowest BCUT2D eigenvalue weighted by molar-refractivity contribution is 0.628. The van der Waals surface area contributed by atoms with E-state index in [0.29, 0.717) is 6.04 Å². The molecule has 0 amide bonds. The number of fused-ring (bicyclic) bond motifs is 2. The summed E-state index contributed by atoms with van der Waals surface area (Å²) in [5.41, 5.74) is 5.87. The minimum absolute atomic E-state index is 0.352. The van der Waals surface area contributed by atoms with E-state index in [1.807, 2.05) is 0 Å². The van der Waals surface area contributed by atoms with Gasteiger partial charge >= 0.3 is 0 Å². The highest BCUT2D eigenvalue weighted by molar-refractivity contribution is 5.44. The van der Waals surface area contributed by atoms with E-state index in [1.54, 1.807) is 0 Å².